The lowest BCUT2D eigenvalue weighted by Gasteiger charge is -2.42. The lowest BCUT2D eigenvalue weighted by Crippen LogP contribution is -2.60. The molecule has 79 heavy (non-hydrogen) atoms. The molecule has 3 aromatic heterocycles. The minimum atomic E-state index is -0.140. The molecule has 0 amide bonds. The smallest absolute Gasteiger partial charge is 0.252 e. The van der Waals surface area contributed by atoms with Crippen molar-refractivity contribution in [2.75, 3.05) is 4.90 Å². The van der Waals surface area contributed by atoms with Gasteiger partial charge in [-0.1, -0.05) is 193 Å². The summed E-state index contributed by atoms with van der Waals surface area (Å²) in [4.78, 5) is 2.67. The summed E-state index contributed by atoms with van der Waals surface area (Å²) in [6.07, 6.45) is 0. The first-order valence-electron chi connectivity index (χ1n) is 27.9. The number of benzene rings is 11. The molecule has 5 heteroatoms. The lowest BCUT2D eigenvalue weighted by atomic mass is 9.33. The van der Waals surface area contributed by atoms with Gasteiger partial charge in [-0.25, -0.2) is 0 Å². The molecular weight excluding hydrogens is 958 g/mol. The van der Waals surface area contributed by atoms with Crippen LogP contribution < -0.4 is 21.3 Å². The van der Waals surface area contributed by atoms with E-state index in [2.05, 4.69) is 286 Å². The highest BCUT2D eigenvalue weighted by molar-refractivity contribution is 7.00. The number of fused-ring (bicyclic) bond motifs is 13. The Hall–Kier alpha value is -9.32. The monoisotopic (exact) mass is 1010 g/mol. The first-order valence-corrected chi connectivity index (χ1v) is 27.9. The summed E-state index contributed by atoms with van der Waals surface area (Å²) in [6, 6.07) is 86.6. The molecule has 5 heterocycles. The molecule has 0 spiro atoms. The van der Waals surface area contributed by atoms with Gasteiger partial charge >= 0.3 is 0 Å². The first-order chi connectivity index (χ1) is 38.5. The van der Waals surface area contributed by atoms with Crippen LogP contribution in [0.1, 0.15) is 52.7 Å². The standard InChI is InChI=1S/C74H56BN3O/c1-73(2,3)49-34-35-68-58(38-49)59-43-65-61(44-69(59)79-68)75-60-32-21-31-53-57-42-63-56(52-30-19-20-33-62(52)76(63)51-28-17-10-18-29-51)41-64(57)77(72(53)60)66-36-48(45-22-11-7-12-23-45)37-67(70(66)75)78(65)71-54(46-24-13-8-14-25-46)39-50(74(4,5)6)40-55(71)47-26-15-9-16-27-47/h7-44H,1-6H3. The zero-order valence-electron chi connectivity index (χ0n) is 45.3. The predicted octanol–water partition coefficient (Wildman–Crippen LogP) is 18.0. The Labute approximate surface area is 460 Å². The SMILES string of the molecule is CC(C)(C)c1cc(-c2ccccc2)c(N2c3cc4c(cc3B3c5c2cc(-c2ccccc2)cc5-n2c5cc6c7ccccc7n(-c7ccccc7)c6cc5c5cccc3c52)oc2ccc(C(C)(C)C)cc24)c(-c2ccccc2)c1. The van der Waals surface area contributed by atoms with Crippen LogP contribution in [0.4, 0.5) is 17.1 Å². The quantitative estimate of drug-likeness (QED) is 0.161. The average Bonchev–Trinajstić information content (AvgIpc) is 2.88. The third-order valence-electron chi connectivity index (χ3n) is 17.4. The summed E-state index contributed by atoms with van der Waals surface area (Å²) in [7, 11) is 0. The third kappa shape index (κ3) is 6.75. The molecule has 16 rings (SSSR count). The van der Waals surface area contributed by atoms with E-state index in [0.29, 0.717) is 0 Å². The van der Waals surface area contributed by atoms with E-state index in [1.165, 1.54) is 110 Å². The van der Waals surface area contributed by atoms with Gasteiger partial charge in [-0.05, 0) is 139 Å². The summed E-state index contributed by atoms with van der Waals surface area (Å²) < 4.78 is 12.1. The Morgan fingerprint density at radius 3 is 1.59 bits per heavy atom. The summed E-state index contributed by atoms with van der Waals surface area (Å²) in [5, 5.41) is 7.19. The van der Waals surface area contributed by atoms with Crippen LogP contribution in [-0.4, -0.2) is 15.8 Å². The first kappa shape index (κ1) is 45.8. The van der Waals surface area contributed by atoms with Crippen molar-refractivity contribution < 1.29 is 4.42 Å². The largest absolute Gasteiger partial charge is 0.456 e. The van der Waals surface area contributed by atoms with Crippen LogP contribution in [0, 0.1) is 0 Å². The Bertz CT molecular complexity index is 4780. The third-order valence-corrected chi connectivity index (χ3v) is 17.4. The molecule has 0 radical (unpaired) electrons. The second kappa shape index (κ2) is 16.6. The highest BCUT2D eigenvalue weighted by Crippen LogP contribution is 2.52. The zero-order valence-corrected chi connectivity index (χ0v) is 45.3. The van der Waals surface area contributed by atoms with Crippen molar-refractivity contribution in [3.05, 3.63) is 242 Å². The normalized spacial score (nSPS) is 13.1. The van der Waals surface area contributed by atoms with Crippen molar-refractivity contribution in [2.24, 2.45) is 0 Å². The molecule has 0 saturated heterocycles. The van der Waals surface area contributed by atoms with Crippen molar-refractivity contribution in [1.29, 1.82) is 0 Å². The maximum atomic E-state index is 7.06. The van der Waals surface area contributed by atoms with E-state index in [0.717, 1.165) is 44.6 Å². The summed E-state index contributed by atoms with van der Waals surface area (Å²) >= 11 is 0. The molecule has 0 saturated carbocycles. The second-order valence-corrected chi connectivity index (χ2v) is 24.1. The molecule has 0 aliphatic carbocycles. The van der Waals surface area contributed by atoms with Gasteiger partial charge in [0.15, 0.2) is 0 Å². The number of hydrogen-bond donors (Lipinski definition) is 0. The minimum Gasteiger partial charge on any atom is -0.456 e. The molecule has 14 aromatic rings. The predicted molar refractivity (Wildman–Crippen MR) is 335 cm³/mol. The fourth-order valence-corrected chi connectivity index (χ4v) is 13.5. The van der Waals surface area contributed by atoms with Crippen molar-refractivity contribution in [2.45, 2.75) is 52.4 Å². The zero-order chi connectivity index (χ0) is 53.1. The van der Waals surface area contributed by atoms with Crippen molar-refractivity contribution in [3.63, 3.8) is 0 Å². The van der Waals surface area contributed by atoms with E-state index >= 15 is 0 Å². The number of para-hydroxylation sites is 3. The number of rotatable bonds is 5. The molecule has 2 aliphatic rings. The molecule has 0 fully saturated rings. The molecular formula is C74H56BN3O. The van der Waals surface area contributed by atoms with Crippen LogP contribution in [-0.2, 0) is 10.8 Å². The number of hydrogen-bond acceptors (Lipinski definition) is 2. The maximum Gasteiger partial charge on any atom is 0.252 e. The van der Waals surface area contributed by atoms with Crippen molar-refractivity contribution in [1.82, 2.24) is 9.13 Å². The topological polar surface area (TPSA) is 26.2 Å². The van der Waals surface area contributed by atoms with E-state index < -0.39 is 0 Å². The Balaban J connectivity index is 1.10. The minimum absolute atomic E-state index is 0.0478. The molecule has 4 nitrogen and oxygen atoms in total. The summed E-state index contributed by atoms with van der Waals surface area (Å²) in [5.74, 6) is 0. The second-order valence-electron chi connectivity index (χ2n) is 24.1. The fourth-order valence-electron chi connectivity index (χ4n) is 13.5. The summed E-state index contributed by atoms with van der Waals surface area (Å²) in [6.45, 7) is 13.8. The highest BCUT2D eigenvalue weighted by Gasteiger charge is 2.44. The van der Waals surface area contributed by atoms with Gasteiger partial charge in [0.1, 0.15) is 11.2 Å². The number of furan rings is 1. The van der Waals surface area contributed by atoms with Crippen LogP contribution in [0.15, 0.2) is 235 Å². The number of anilines is 3. The summed E-state index contributed by atoms with van der Waals surface area (Å²) in [5.41, 5.74) is 25.7. The van der Waals surface area contributed by atoms with E-state index in [4.69, 9.17) is 4.42 Å². The Morgan fingerprint density at radius 2 is 0.924 bits per heavy atom. The van der Waals surface area contributed by atoms with Gasteiger partial charge in [-0.2, -0.15) is 0 Å². The molecule has 0 atom stereocenters. The average molecular weight is 1010 g/mol. The van der Waals surface area contributed by atoms with Crippen LogP contribution in [0.2, 0.25) is 0 Å². The van der Waals surface area contributed by atoms with Crippen LogP contribution in [0.25, 0.3) is 110 Å². The van der Waals surface area contributed by atoms with E-state index in [9.17, 15) is 0 Å². The molecule has 2 aliphatic heterocycles. The Morgan fingerprint density at radius 1 is 0.354 bits per heavy atom. The van der Waals surface area contributed by atoms with Gasteiger partial charge in [0.05, 0.1) is 22.2 Å². The fraction of sp³-hybridized carbons (Fsp3) is 0.108. The van der Waals surface area contributed by atoms with E-state index in [-0.39, 0.29) is 17.5 Å². The van der Waals surface area contributed by atoms with Gasteiger partial charge in [0.2, 0.25) is 0 Å². The molecule has 0 bridgehead atoms. The maximum absolute atomic E-state index is 7.06. The van der Waals surface area contributed by atoms with Gasteiger partial charge in [0, 0.05) is 71.7 Å². The van der Waals surface area contributed by atoms with Gasteiger partial charge < -0.3 is 18.5 Å². The lowest BCUT2D eigenvalue weighted by molar-refractivity contribution is 0.590. The Kier molecular flexibility index (Phi) is 9.63. The van der Waals surface area contributed by atoms with E-state index in [1.54, 1.807) is 0 Å². The number of aromatic nitrogens is 2. The van der Waals surface area contributed by atoms with Gasteiger partial charge in [-0.15, -0.1) is 0 Å². The molecule has 0 N–H and O–H groups in total. The number of nitrogens with zero attached hydrogens (tertiary/aromatic N) is 3. The van der Waals surface area contributed by atoms with Crippen LogP contribution in [0.3, 0.4) is 0 Å². The van der Waals surface area contributed by atoms with Gasteiger partial charge in [-0.3, -0.25) is 0 Å². The van der Waals surface area contributed by atoms with Crippen molar-refractivity contribution in [3.8, 4) is 44.8 Å². The van der Waals surface area contributed by atoms with E-state index in [1.807, 2.05) is 0 Å². The molecule has 11 aromatic carbocycles. The molecule has 376 valence electrons. The molecule has 0 unspecified atom stereocenters. The van der Waals surface area contributed by atoms with Crippen LogP contribution >= 0.6 is 0 Å². The van der Waals surface area contributed by atoms with Gasteiger partial charge in [0.25, 0.3) is 6.71 Å². The highest BCUT2D eigenvalue weighted by atomic mass is 16.3. The van der Waals surface area contributed by atoms with Crippen LogP contribution in [0.5, 0.6) is 0 Å². The van der Waals surface area contributed by atoms with Crippen molar-refractivity contribution >= 4 is 106 Å².